The summed E-state index contributed by atoms with van der Waals surface area (Å²) in [5.74, 6) is 0.819. The Labute approximate surface area is 238 Å². The molecular formula is C31H37N5O3S. The zero-order valence-electron chi connectivity index (χ0n) is 24.1. The maximum Gasteiger partial charge on any atom is 0.357 e. The van der Waals surface area contributed by atoms with Crippen LogP contribution in [0.4, 0.5) is 11.5 Å². The number of nitrogens with zero attached hydrogens (tertiary/aromatic N) is 3. The highest BCUT2D eigenvalue weighted by Gasteiger charge is 2.26. The van der Waals surface area contributed by atoms with E-state index in [0.717, 1.165) is 39.5 Å². The fourth-order valence-electron chi connectivity index (χ4n) is 4.99. The third-order valence-electron chi connectivity index (χ3n) is 7.34. The number of ether oxygens (including phenoxy) is 1. The molecule has 210 valence electrons. The number of hydrogen-bond acceptors (Lipinski definition) is 7. The molecule has 0 spiro atoms. The smallest absolute Gasteiger partial charge is 0.357 e. The molecule has 0 saturated heterocycles. The Hall–Kier alpha value is -3.72. The quantitative estimate of drug-likeness (QED) is 0.234. The van der Waals surface area contributed by atoms with Gasteiger partial charge in [0.05, 0.1) is 12.1 Å². The Morgan fingerprint density at radius 3 is 2.67 bits per heavy atom. The second kappa shape index (κ2) is 11.0. The largest absolute Gasteiger partial charge is 0.464 e. The van der Waals surface area contributed by atoms with Gasteiger partial charge in [0.25, 0.3) is 5.56 Å². The number of aromatic amines is 1. The van der Waals surface area contributed by atoms with Gasteiger partial charge in [0.1, 0.15) is 5.69 Å². The lowest BCUT2D eigenvalue weighted by molar-refractivity contribution is 0.0593. The van der Waals surface area contributed by atoms with Crippen molar-refractivity contribution in [3.05, 3.63) is 79.3 Å². The SMILES string of the molecule is CCc1c(CCc2sc(C(C)(C)C)nc2C(=O)OC)cccc1-c1cc(Nc2cc(C3CC3)[nH]n2)c(=O)n(C)c1. The van der Waals surface area contributed by atoms with E-state index in [4.69, 9.17) is 4.74 Å². The van der Waals surface area contributed by atoms with Gasteiger partial charge in [-0.15, -0.1) is 11.3 Å². The molecule has 0 amide bonds. The van der Waals surface area contributed by atoms with Crippen molar-refractivity contribution in [1.29, 1.82) is 0 Å². The van der Waals surface area contributed by atoms with Crippen LogP contribution in [0.1, 0.15) is 83.6 Å². The van der Waals surface area contributed by atoms with Crippen molar-refractivity contribution < 1.29 is 9.53 Å². The summed E-state index contributed by atoms with van der Waals surface area (Å²) < 4.78 is 6.65. The highest BCUT2D eigenvalue weighted by molar-refractivity contribution is 7.12. The van der Waals surface area contributed by atoms with Crippen LogP contribution in [0.2, 0.25) is 0 Å². The predicted molar refractivity (Wildman–Crippen MR) is 160 cm³/mol. The van der Waals surface area contributed by atoms with Gasteiger partial charge in [0.15, 0.2) is 11.5 Å². The number of esters is 1. The van der Waals surface area contributed by atoms with E-state index in [2.05, 4.69) is 66.4 Å². The van der Waals surface area contributed by atoms with Gasteiger partial charge in [-0.2, -0.15) is 5.10 Å². The lowest BCUT2D eigenvalue weighted by atomic mass is 9.92. The Bertz CT molecular complexity index is 1600. The molecule has 5 rings (SSSR count). The normalized spacial score (nSPS) is 13.4. The third kappa shape index (κ3) is 5.75. The summed E-state index contributed by atoms with van der Waals surface area (Å²) in [7, 11) is 3.17. The average molecular weight is 560 g/mol. The van der Waals surface area contributed by atoms with E-state index in [9.17, 15) is 9.59 Å². The van der Waals surface area contributed by atoms with Gasteiger partial charge in [-0.05, 0) is 54.9 Å². The minimum atomic E-state index is -0.391. The fraction of sp³-hybridized carbons (Fsp3) is 0.419. The Kier molecular flexibility index (Phi) is 7.68. The zero-order chi connectivity index (χ0) is 28.6. The number of pyridine rings is 1. The van der Waals surface area contributed by atoms with E-state index >= 15 is 0 Å². The Morgan fingerprint density at radius 2 is 2.00 bits per heavy atom. The molecule has 0 aliphatic heterocycles. The summed E-state index contributed by atoms with van der Waals surface area (Å²) >= 11 is 1.59. The van der Waals surface area contributed by atoms with Crippen LogP contribution in [-0.4, -0.2) is 32.8 Å². The van der Waals surface area contributed by atoms with Gasteiger partial charge in [0, 0.05) is 46.8 Å². The number of benzene rings is 1. The molecule has 1 aliphatic rings. The lowest BCUT2D eigenvalue weighted by Gasteiger charge is -2.16. The lowest BCUT2D eigenvalue weighted by Crippen LogP contribution is -2.19. The van der Waals surface area contributed by atoms with Crippen molar-refractivity contribution >= 4 is 28.8 Å². The van der Waals surface area contributed by atoms with Gasteiger partial charge in [-0.1, -0.05) is 45.9 Å². The molecule has 9 heteroatoms. The van der Waals surface area contributed by atoms with Crippen molar-refractivity contribution in [1.82, 2.24) is 19.7 Å². The number of carbonyl (C=O) groups excluding carboxylic acids is 1. The second-order valence-electron chi connectivity index (χ2n) is 11.5. The van der Waals surface area contributed by atoms with Crippen LogP contribution < -0.4 is 10.9 Å². The first-order valence-corrected chi connectivity index (χ1v) is 14.6. The van der Waals surface area contributed by atoms with Crippen LogP contribution in [0.5, 0.6) is 0 Å². The average Bonchev–Trinajstić information content (AvgIpc) is 3.51. The highest BCUT2D eigenvalue weighted by Crippen LogP contribution is 2.40. The topological polar surface area (TPSA) is 102 Å². The molecule has 40 heavy (non-hydrogen) atoms. The van der Waals surface area contributed by atoms with Gasteiger partial charge in [0.2, 0.25) is 0 Å². The number of aromatic nitrogens is 4. The molecule has 8 nitrogen and oxygen atoms in total. The zero-order valence-corrected chi connectivity index (χ0v) is 24.9. The number of hydrogen-bond donors (Lipinski definition) is 2. The van der Waals surface area contributed by atoms with E-state index in [0.29, 0.717) is 29.5 Å². The fourth-order valence-corrected chi connectivity index (χ4v) is 6.10. The molecule has 1 aliphatic carbocycles. The summed E-state index contributed by atoms with van der Waals surface area (Å²) in [6.45, 7) is 8.45. The summed E-state index contributed by atoms with van der Waals surface area (Å²) in [5, 5.41) is 11.6. The van der Waals surface area contributed by atoms with Crippen molar-refractivity contribution in [2.24, 2.45) is 7.05 Å². The molecule has 0 radical (unpaired) electrons. The van der Waals surface area contributed by atoms with Crippen molar-refractivity contribution in [3.63, 3.8) is 0 Å². The number of anilines is 2. The predicted octanol–water partition coefficient (Wildman–Crippen LogP) is 6.28. The molecule has 1 fully saturated rings. The highest BCUT2D eigenvalue weighted by atomic mass is 32.1. The summed E-state index contributed by atoms with van der Waals surface area (Å²) in [5.41, 5.74) is 6.26. The summed E-state index contributed by atoms with van der Waals surface area (Å²) in [4.78, 5) is 31.1. The van der Waals surface area contributed by atoms with Crippen molar-refractivity contribution in [2.45, 2.75) is 71.1 Å². The first kappa shape index (κ1) is 27.8. The molecule has 0 unspecified atom stereocenters. The van der Waals surface area contributed by atoms with Crippen molar-refractivity contribution in [3.8, 4) is 11.1 Å². The Morgan fingerprint density at radius 1 is 1.23 bits per heavy atom. The maximum absolute atomic E-state index is 13.0. The standard InChI is InChI=1S/C31H37N5O3S/c1-7-21-18(13-14-25-27(29(38)39-6)33-30(40-25)31(2,3)4)9-8-10-22(21)20-15-24(28(37)36(5)17-20)32-26-16-23(34-35-26)19-11-12-19/h8-10,15-17,19H,7,11-14H2,1-6H3,(H2,32,34,35). The van der Waals surface area contributed by atoms with Crippen LogP contribution in [0, 0.1) is 0 Å². The molecule has 4 aromatic rings. The molecule has 1 aromatic carbocycles. The summed E-state index contributed by atoms with van der Waals surface area (Å²) in [6, 6.07) is 10.2. The molecular weight excluding hydrogens is 522 g/mol. The second-order valence-corrected chi connectivity index (χ2v) is 12.6. The number of carbonyl (C=O) groups is 1. The maximum atomic E-state index is 13.0. The molecule has 3 aromatic heterocycles. The molecule has 2 N–H and O–H groups in total. The van der Waals surface area contributed by atoms with Crippen LogP contribution in [0.15, 0.2) is 41.3 Å². The third-order valence-corrected chi connectivity index (χ3v) is 8.88. The molecule has 0 bridgehead atoms. The number of H-pyrrole nitrogens is 1. The number of aryl methyl sites for hydroxylation is 3. The molecule has 1 saturated carbocycles. The first-order chi connectivity index (χ1) is 19.1. The number of nitrogens with one attached hydrogen (secondary N) is 2. The van der Waals surface area contributed by atoms with Gasteiger partial charge in [-0.25, -0.2) is 9.78 Å². The Balaban J connectivity index is 1.45. The molecule has 0 atom stereocenters. The van der Waals surface area contributed by atoms with E-state index in [1.807, 2.05) is 18.3 Å². The van der Waals surface area contributed by atoms with E-state index in [-0.39, 0.29) is 11.0 Å². The number of thiazole rings is 1. The van der Waals surface area contributed by atoms with Crippen LogP contribution in [0.3, 0.4) is 0 Å². The van der Waals surface area contributed by atoms with Crippen LogP contribution >= 0.6 is 11.3 Å². The van der Waals surface area contributed by atoms with Crippen LogP contribution in [0.25, 0.3) is 11.1 Å². The van der Waals surface area contributed by atoms with Crippen molar-refractivity contribution in [2.75, 3.05) is 12.4 Å². The van der Waals surface area contributed by atoms with E-state index in [1.165, 1.54) is 31.1 Å². The van der Waals surface area contributed by atoms with Gasteiger partial charge in [-0.3, -0.25) is 9.89 Å². The number of rotatable bonds is 9. The van der Waals surface area contributed by atoms with Gasteiger partial charge >= 0.3 is 5.97 Å². The van der Waals surface area contributed by atoms with E-state index < -0.39 is 5.97 Å². The minimum Gasteiger partial charge on any atom is -0.464 e. The van der Waals surface area contributed by atoms with Gasteiger partial charge < -0.3 is 14.6 Å². The van der Waals surface area contributed by atoms with E-state index in [1.54, 1.807) is 23.0 Å². The first-order valence-electron chi connectivity index (χ1n) is 13.8. The molecule has 3 heterocycles. The monoisotopic (exact) mass is 559 g/mol. The van der Waals surface area contributed by atoms with Crippen LogP contribution in [-0.2, 0) is 36.5 Å². The minimum absolute atomic E-state index is 0.107. The summed E-state index contributed by atoms with van der Waals surface area (Å²) in [6.07, 6.45) is 6.54. The number of methoxy groups -OCH3 is 1.